The lowest BCUT2D eigenvalue weighted by atomic mass is 9.61. The molecule has 0 saturated heterocycles. The molecule has 3 aromatic rings. The van der Waals surface area contributed by atoms with Crippen LogP contribution in [0.3, 0.4) is 0 Å². The first-order valence-electron chi connectivity index (χ1n) is 11.8. The average Bonchev–Trinajstić information content (AvgIpc) is 2.80. The van der Waals surface area contributed by atoms with Gasteiger partial charge < -0.3 is 15.7 Å². The molecule has 0 bridgehead atoms. The van der Waals surface area contributed by atoms with Crippen LogP contribution in [0.2, 0.25) is 0 Å². The Bertz CT molecular complexity index is 1320. The van der Waals surface area contributed by atoms with Gasteiger partial charge in [0.1, 0.15) is 17.5 Å². The van der Waals surface area contributed by atoms with Gasteiger partial charge in [0.15, 0.2) is 0 Å². The molecule has 186 valence electrons. The summed E-state index contributed by atoms with van der Waals surface area (Å²) in [5, 5.41) is 17.0. The molecule has 3 aromatic carbocycles. The third-order valence-corrected chi connectivity index (χ3v) is 6.87. The molecule has 36 heavy (non-hydrogen) atoms. The number of para-hydroxylation sites is 2. The van der Waals surface area contributed by atoms with Crippen molar-refractivity contribution in [2.24, 2.45) is 11.8 Å². The van der Waals surface area contributed by atoms with Crippen LogP contribution in [0.1, 0.15) is 36.0 Å². The number of hydrogen-bond donors (Lipinski definition) is 3. The van der Waals surface area contributed by atoms with E-state index in [0.29, 0.717) is 11.4 Å². The lowest BCUT2D eigenvalue weighted by molar-refractivity contribution is -0.150. The summed E-state index contributed by atoms with van der Waals surface area (Å²) in [7, 11) is 0. The summed E-state index contributed by atoms with van der Waals surface area (Å²) in [5.74, 6) is -5.84. The molecule has 4 rings (SSSR count). The zero-order chi connectivity index (χ0) is 26.0. The summed E-state index contributed by atoms with van der Waals surface area (Å²) >= 11 is 0. The number of hydrogen-bond acceptors (Lipinski definition) is 4. The number of amides is 2. The fourth-order valence-corrected chi connectivity index (χ4v) is 5.05. The van der Waals surface area contributed by atoms with Gasteiger partial charge in [0.2, 0.25) is 11.8 Å². The molecule has 1 aliphatic carbocycles. The van der Waals surface area contributed by atoms with Gasteiger partial charge in [-0.15, -0.1) is 0 Å². The number of halogens is 1. The highest BCUT2D eigenvalue weighted by molar-refractivity contribution is 6.10. The van der Waals surface area contributed by atoms with Crippen molar-refractivity contribution in [3.05, 3.63) is 95.3 Å². The second-order valence-corrected chi connectivity index (χ2v) is 9.64. The molecular weight excluding hydrogens is 459 g/mol. The maximum atomic E-state index is 14.3. The van der Waals surface area contributed by atoms with Gasteiger partial charge in [-0.25, -0.2) is 4.39 Å². The molecule has 0 aromatic heterocycles. The topological polar surface area (TPSA) is 95.5 Å². The normalized spacial score (nSPS) is 23.7. The number of nitrogens with one attached hydrogen (secondary N) is 2. The summed E-state index contributed by atoms with van der Waals surface area (Å²) < 4.78 is 14.3. The van der Waals surface area contributed by atoms with E-state index in [9.17, 15) is 23.9 Å². The smallest absolute Gasteiger partial charge is 0.235 e. The van der Waals surface area contributed by atoms with Gasteiger partial charge >= 0.3 is 0 Å². The molecule has 1 fully saturated rings. The van der Waals surface area contributed by atoms with Crippen molar-refractivity contribution in [3.63, 3.8) is 0 Å². The maximum Gasteiger partial charge on any atom is 0.235 e. The van der Waals surface area contributed by atoms with Crippen LogP contribution in [0.4, 0.5) is 15.8 Å². The minimum absolute atomic E-state index is 0.290. The Morgan fingerprint density at radius 3 is 2.00 bits per heavy atom. The maximum absolute atomic E-state index is 14.3. The highest BCUT2D eigenvalue weighted by atomic mass is 19.1. The number of rotatable bonds is 5. The number of ketones is 1. The fraction of sp³-hybridized carbons (Fsp3) is 0.276. The molecule has 0 heterocycles. The second-order valence-electron chi connectivity index (χ2n) is 9.64. The number of benzene rings is 3. The van der Waals surface area contributed by atoms with Crippen LogP contribution >= 0.6 is 0 Å². The first-order chi connectivity index (χ1) is 17.1. The summed E-state index contributed by atoms with van der Waals surface area (Å²) in [6.45, 7) is 5.07. The molecule has 6 nitrogen and oxygen atoms in total. The minimum Gasteiger partial charge on any atom is -0.389 e. The highest BCUT2D eigenvalue weighted by Crippen LogP contribution is 2.46. The van der Waals surface area contributed by atoms with Crippen molar-refractivity contribution >= 4 is 29.0 Å². The highest BCUT2D eigenvalue weighted by Gasteiger charge is 2.56. The van der Waals surface area contributed by atoms with Crippen molar-refractivity contribution in [1.82, 2.24) is 0 Å². The molecule has 7 heteroatoms. The number of carbonyl (C=O) groups excluding carboxylic acids is 3. The van der Waals surface area contributed by atoms with Gasteiger partial charge in [0, 0.05) is 23.7 Å². The van der Waals surface area contributed by atoms with Crippen molar-refractivity contribution in [2.75, 3.05) is 10.6 Å². The van der Waals surface area contributed by atoms with E-state index in [1.807, 2.05) is 38.1 Å². The van der Waals surface area contributed by atoms with Crippen LogP contribution in [0.15, 0.2) is 72.8 Å². The van der Waals surface area contributed by atoms with Crippen molar-refractivity contribution in [3.8, 4) is 0 Å². The molecular formula is C29H29FN2O4. The average molecular weight is 489 g/mol. The third kappa shape index (κ3) is 5.06. The molecule has 1 saturated carbocycles. The van der Waals surface area contributed by atoms with Crippen molar-refractivity contribution < 1.29 is 23.9 Å². The van der Waals surface area contributed by atoms with Gasteiger partial charge in [-0.2, -0.15) is 0 Å². The van der Waals surface area contributed by atoms with E-state index in [1.54, 1.807) is 30.3 Å². The Morgan fingerprint density at radius 2 is 1.44 bits per heavy atom. The van der Waals surface area contributed by atoms with Crippen LogP contribution in [-0.4, -0.2) is 28.3 Å². The largest absolute Gasteiger partial charge is 0.389 e. The summed E-state index contributed by atoms with van der Waals surface area (Å²) in [4.78, 5) is 40.6. The molecule has 4 unspecified atom stereocenters. The lowest BCUT2D eigenvalue weighted by Crippen LogP contribution is -2.56. The van der Waals surface area contributed by atoms with Gasteiger partial charge in [-0.3, -0.25) is 14.4 Å². The Kier molecular flexibility index (Phi) is 7.04. The Hall–Kier alpha value is -3.84. The molecule has 4 atom stereocenters. The molecule has 2 amide bonds. The van der Waals surface area contributed by atoms with E-state index in [4.69, 9.17) is 0 Å². The number of aliphatic hydroxyl groups is 1. The Balaban J connectivity index is 1.79. The van der Waals surface area contributed by atoms with Crippen LogP contribution in [0.25, 0.3) is 0 Å². The number of aryl methyl sites for hydroxylation is 2. The van der Waals surface area contributed by atoms with Crippen LogP contribution in [0, 0.1) is 31.5 Å². The van der Waals surface area contributed by atoms with Crippen LogP contribution < -0.4 is 10.6 Å². The van der Waals surface area contributed by atoms with Gasteiger partial charge in [0.25, 0.3) is 0 Å². The third-order valence-electron chi connectivity index (χ3n) is 6.87. The molecule has 1 aliphatic rings. The summed E-state index contributed by atoms with van der Waals surface area (Å²) in [6.07, 6.45) is -0.392. The van der Waals surface area contributed by atoms with E-state index < -0.39 is 53.2 Å². The Labute approximate surface area is 209 Å². The zero-order valence-electron chi connectivity index (χ0n) is 20.4. The van der Waals surface area contributed by atoms with Gasteiger partial charge in [0.05, 0.1) is 11.5 Å². The molecule has 0 aliphatic heterocycles. The predicted molar refractivity (Wildman–Crippen MR) is 136 cm³/mol. The summed E-state index contributed by atoms with van der Waals surface area (Å²) in [5.41, 5.74) is 1.23. The van der Waals surface area contributed by atoms with E-state index in [1.165, 1.54) is 25.1 Å². The molecule has 0 spiro atoms. The number of carbonyl (C=O) groups is 3. The molecule has 3 N–H and O–H groups in total. The van der Waals surface area contributed by atoms with E-state index in [-0.39, 0.29) is 5.56 Å². The summed E-state index contributed by atoms with van der Waals surface area (Å²) in [6, 6.07) is 19.8. The Morgan fingerprint density at radius 1 is 0.889 bits per heavy atom. The monoisotopic (exact) mass is 488 g/mol. The van der Waals surface area contributed by atoms with Crippen molar-refractivity contribution in [2.45, 2.75) is 38.7 Å². The van der Waals surface area contributed by atoms with Crippen LogP contribution in [-0.2, 0) is 14.4 Å². The minimum atomic E-state index is -1.76. The van der Waals surface area contributed by atoms with Crippen LogP contribution in [0.5, 0.6) is 0 Å². The molecule has 0 radical (unpaired) electrons. The fourth-order valence-electron chi connectivity index (χ4n) is 5.05. The standard InChI is InChI=1S/C29H29FN2O4/c1-17-9-4-6-13-21(17)31-27(34)25-23(33)16-29(3,36)26(24(25)19-11-8-12-20(30)15-19)28(35)32-22-14-7-5-10-18(22)2/h4-15,24-26,36H,16H2,1-3H3,(H,31,34)(H,32,35). The first kappa shape index (κ1) is 25.3. The van der Waals surface area contributed by atoms with E-state index >= 15 is 0 Å². The second kappa shape index (κ2) is 10.0. The predicted octanol–water partition coefficient (Wildman–Crippen LogP) is 4.76. The SMILES string of the molecule is Cc1ccccc1NC(=O)C1C(=O)CC(C)(O)C(C(=O)Nc2ccccc2C)C1c1cccc(F)c1. The zero-order valence-corrected chi connectivity index (χ0v) is 20.4. The number of Topliss-reactive ketones (excluding diaryl/α,β-unsaturated/α-hetero) is 1. The quantitative estimate of drug-likeness (QED) is 0.451. The number of anilines is 2. The van der Waals surface area contributed by atoms with Gasteiger partial charge in [-0.05, 0) is 61.7 Å². The van der Waals surface area contributed by atoms with E-state index in [0.717, 1.165) is 11.1 Å². The first-order valence-corrected chi connectivity index (χ1v) is 11.8. The van der Waals surface area contributed by atoms with Crippen molar-refractivity contribution in [1.29, 1.82) is 0 Å². The van der Waals surface area contributed by atoms with E-state index in [2.05, 4.69) is 10.6 Å². The van der Waals surface area contributed by atoms with Gasteiger partial charge in [-0.1, -0.05) is 48.5 Å². The lowest BCUT2D eigenvalue weighted by Gasteiger charge is -2.44.